The Kier molecular flexibility index (Phi) is 5.22. The van der Waals surface area contributed by atoms with Crippen molar-refractivity contribution in [1.29, 1.82) is 0 Å². The molecule has 11 heteroatoms. The fourth-order valence-corrected chi connectivity index (χ4v) is 5.16. The Morgan fingerprint density at radius 1 is 1.09 bits per heavy atom. The van der Waals surface area contributed by atoms with E-state index in [-0.39, 0.29) is 10.5 Å². The Balaban J connectivity index is 1.87. The number of aromatic nitrogens is 3. The number of ether oxygens (including phenoxy) is 1. The number of carbonyl (C=O) groups is 1. The maximum absolute atomic E-state index is 14.1. The summed E-state index contributed by atoms with van der Waals surface area (Å²) in [5.41, 5.74) is -1.15. The molecule has 0 atom stereocenters. The zero-order chi connectivity index (χ0) is 24.2. The van der Waals surface area contributed by atoms with Crippen LogP contribution in [-0.2, 0) is 10.9 Å². The number of carbonyl (C=O) groups excluding carboxylic acids is 1. The van der Waals surface area contributed by atoms with Crippen molar-refractivity contribution in [2.45, 2.75) is 6.18 Å². The molecule has 0 aliphatic heterocycles. The fraction of sp³-hybridized carbons (Fsp3) is 0.0870. The molecule has 0 N–H and O–H groups in total. The van der Waals surface area contributed by atoms with Gasteiger partial charge in [0.25, 0.3) is 5.56 Å². The molecule has 5 rings (SSSR count). The highest BCUT2D eigenvalue weighted by atomic mass is 35.5. The van der Waals surface area contributed by atoms with E-state index in [4.69, 9.17) is 11.6 Å². The van der Waals surface area contributed by atoms with Crippen LogP contribution in [0.2, 0.25) is 5.15 Å². The van der Waals surface area contributed by atoms with Crippen molar-refractivity contribution in [3.05, 3.63) is 86.7 Å². The molecule has 0 fully saturated rings. The molecule has 3 heterocycles. The number of benzene rings is 2. The second-order valence-corrected chi connectivity index (χ2v) is 8.61. The van der Waals surface area contributed by atoms with Gasteiger partial charge >= 0.3 is 12.1 Å². The van der Waals surface area contributed by atoms with Gasteiger partial charge in [0.1, 0.15) is 15.3 Å². The molecule has 172 valence electrons. The molecule has 0 radical (unpaired) electrons. The van der Waals surface area contributed by atoms with Gasteiger partial charge in [0.05, 0.1) is 23.8 Å². The van der Waals surface area contributed by atoms with E-state index in [2.05, 4.69) is 9.72 Å². The van der Waals surface area contributed by atoms with Crippen LogP contribution in [0.5, 0.6) is 0 Å². The fourth-order valence-electron chi connectivity index (χ4n) is 3.84. The molecule has 0 aliphatic carbocycles. The van der Waals surface area contributed by atoms with Crippen LogP contribution < -0.4 is 5.56 Å². The molecule has 0 unspecified atom stereocenters. The van der Waals surface area contributed by atoms with E-state index in [1.54, 1.807) is 12.1 Å². The van der Waals surface area contributed by atoms with Crippen LogP contribution in [0.3, 0.4) is 0 Å². The lowest BCUT2D eigenvalue weighted by Crippen LogP contribution is -2.22. The second-order valence-electron chi connectivity index (χ2n) is 7.26. The normalized spacial score (nSPS) is 11.9. The van der Waals surface area contributed by atoms with Crippen LogP contribution >= 0.6 is 22.9 Å². The summed E-state index contributed by atoms with van der Waals surface area (Å²) in [7, 11) is 0.978. The monoisotopic (exact) mass is 503 g/mol. The molecule has 0 bridgehead atoms. The topological polar surface area (TPSA) is 66.1 Å². The minimum absolute atomic E-state index is 0.141. The molecule has 0 aliphatic rings. The third-order valence-electron chi connectivity index (χ3n) is 5.29. The van der Waals surface area contributed by atoms with Crippen molar-refractivity contribution in [3.8, 4) is 11.4 Å². The third-order valence-corrected chi connectivity index (χ3v) is 6.59. The number of fused-ring (bicyclic) bond motifs is 2. The van der Waals surface area contributed by atoms with Crippen LogP contribution in [-0.4, -0.2) is 27.2 Å². The molecule has 0 saturated heterocycles. The molecule has 3 aromatic heterocycles. The van der Waals surface area contributed by atoms with Crippen LogP contribution in [0, 0.1) is 0 Å². The number of rotatable bonds is 3. The van der Waals surface area contributed by atoms with E-state index < -0.39 is 38.8 Å². The molecule has 6 nitrogen and oxygen atoms in total. The quantitative estimate of drug-likeness (QED) is 0.290. The largest absolute Gasteiger partial charge is 0.465 e. The summed E-state index contributed by atoms with van der Waals surface area (Å²) < 4.78 is 49.7. The smallest absolute Gasteiger partial charge is 0.420 e. The van der Waals surface area contributed by atoms with Crippen molar-refractivity contribution < 1.29 is 22.7 Å². The summed E-state index contributed by atoms with van der Waals surface area (Å²) in [4.78, 5) is 28.1. The second kappa shape index (κ2) is 8.00. The highest BCUT2D eigenvalue weighted by molar-refractivity contribution is 7.20. The van der Waals surface area contributed by atoms with Gasteiger partial charge in [-0.15, -0.1) is 11.3 Å². The summed E-state index contributed by atoms with van der Waals surface area (Å²) in [6.45, 7) is 0. The first-order valence-electron chi connectivity index (χ1n) is 9.78. The first-order valence-corrected chi connectivity index (χ1v) is 11.0. The highest BCUT2D eigenvalue weighted by Gasteiger charge is 2.42. The number of methoxy groups -OCH3 is 1. The predicted molar refractivity (Wildman–Crippen MR) is 123 cm³/mol. The maximum atomic E-state index is 14.1. The van der Waals surface area contributed by atoms with Crippen LogP contribution in [0.1, 0.15) is 15.2 Å². The standard InChI is InChI=1S/C23H13ClF3N3O3S/c1-33-22(32)18-16(23(25,26)27)17-20(34-18)28-19(24)21(31)30(17)14-8-7-12-9-10-29(15(12)11-14)13-5-3-2-4-6-13/h2-11H,1H3. The van der Waals surface area contributed by atoms with Crippen molar-refractivity contribution in [2.24, 2.45) is 0 Å². The van der Waals surface area contributed by atoms with Crippen molar-refractivity contribution in [1.82, 2.24) is 14.1 Å². The zero-order valence-electron chi connectivity index (χ0n) is 17.3. The molecule has 0 spiro atoms. The van der Waals surface area contributed by atoms with Crippen LogP contribution in [0.4, 0.5) is 13.2 Å². The minimum atomic E-state index is -4.96. The van der Waals surface area contributed by atoms with Gasteiger partial charge in [0.15, 0.2) is 5.15 Å². The van der Waals surface area contributed by atoms with E-state index in [1.165, 1.54) is 6.07 Å². The Morgan fingerprint density at radius 3 is 2.50 bits per heavy atom. The van der Waals surface area contributed by atoms with Gasteiger partial charge in [0, 0.05) is 17.3 Å². The predicted octanol–water partition coefficient (Wildman–Crippen LogP) is 5.85. The lowest BCUT2D eigenvalue weighted by molar-refractivity contribution is -0.136. The highest BCUT2D eigenvalue weighted by Crippen LogP contribution is 2.42. The SMILES string of the molecule is COC(=O)c1sc2nc(Cl)c(=O)n(-c3ccc4ccn(-c5ccccc5)c4c3)c2c1C(F)(F)F. The number of alkyl halides is 3. The molecule has 34 heavy (non-hydrogen) atoms. The Bertz CT molecular complexity index is 1640. The Morgan fingerprint density at radius 2 is 1.82 bits per heavy atom. The van der Waals surface area contributed by atoms with Gasteiger partial charge in [-0.05, 0) is 30.3 Å². The summed E-state index contributed by atoms with van der Waals surface area (Å²) in [5.74, 6) is -1.18. The number of hydrogen-bond donors (Lipinski definition) is 0. The number of halogens is 4. The van der Waals surface area contributed by atoms with Crippen molar-refractivity contribution in [2.75, 3.05) is 7.11 Å². The van der Waals surface area contributed by atoms with E-state index in [0.29, 0.717) is 16.9 Å². The summed E-state index contributed by atoms with van der Waals surface area (Å²) in [5, 5.41) is 0.297. The van der Waals surface area contributed by atoms with Crippen molar-refractivity contribution in [3.63, 3.8) is 0 Å². The number of thiophene rings is 1. The molecular formula is C23H13ClF3N3O3S. The first-order chi connectivity index (χ1) is 16.2. The summed E-state index contributed by atoms with van der Waals surface area (Å²) in [6, 6.07) is 16.0. The number of esters is 1. The molecule has 2 aromatic carbocycles. The van der Waals surface area contributed by atoms with Crippen LogP contribution in [0.25, 0.3) is 32.6 Å². The average Bonchev–Trinajstić information content (AvgIpc) is 3.41. The lowest BCUT2D eigenvalue weighted by Gasteiger charge is -2.14. The first kappa shape index (κ1) is 22.2. The molecule has 5 aromatic rings. The van der Waals surface area contributed by atoms with E-state index >= 15 is 0 Å². The van der Waals surface area contributed by atoms with Crippen LogP contribution in [0.15, 0.2) is 65.6 Å². The Labute approximate surface area is 198 Å². The zero-order valence-corrected chi connectivity index (χ0v) is 18.8. The average molecular weight is 504 g/mol. The number of nitrogens with zero attached hydrogens (tertiary/aromatic N) is 3. The minimum Gasteiger partial charge on any atom is -0.465 e. The number of hydrogen-bond acceptors (Lipinski definition) is 5. The Hall–Kier alpha value is -3.63. The molecular weight excluding hydrogens is 491 g/mol. The summed E-state index contributed by atoms with van der Waals surface area (Å²) >= 11 is 6.48. The van der Waals surface area contributed by atoms with E-state index in [0.717, 1.165) is 22.8 Å². The van der Waals surface area contributed by atoms with Gasteiger partial charge in [-0.3, -0.25) is 9.36 Å². The van der Waals surface area contributed by atoms with Crippen molar-refractivity contribution >= 4 is 50.2 Å². The maximum Gasteiger partial charge on any atom is 0.420 e. The summed E-state index contributed by atoms with van der Waals surface area (Å²) in [6.07, 6.45) is -3.14. The third kappa shape index (κ3) is 3.46. The van der Waals surface area contributed by atoms with Gasteiger partial charge in [0.2, 0.25) is 0 Å². The van der Waals surface area contributed by atoms with Gasteiger partial charge in [-0.2, -0.15) is 13.2 Å². The van der Waals surface area contributed by atoms with E-state index in [9.17, 15) is 22.8 Å². The number of para-hydroxylation sites is 1. The molecule has 0 amide bonds. The van der Waals surface area contributed by atoms with Gasteiger partial charge < -0.3 is 9.30 Å². The molecule has 0 saturated carbocycles. The lowest BCUT2D eigenvalue weighted by atomic mass is 10.2. The van der Waals surface area contributed by atoms with Gasteiger partial charge in [-0.25, -0.2) is 9.78 Å². The van der Waals surface area contributed by atoms with Gasteiger partial charge in [-0.1, -0.05) is 35.9 Å². The van der Waals surface area contributed by atoms with E-state index in [1.807, 2.05) is 47.2 Å².